The van der Waals surface area contributed by atoms with Crippen LogP contribution in [0.25, 0.3) is 0 Å². The summed E-state index contributed by atoms with van der Waals surface area (Å²) in [5.74, 6) is -6.64. The highest BCUT2D eigenvalue weighted by molar-refractivity contribution is 6.39. The second-order valence-corrected chi connectivity index (χ2v) is 16.9. The molecule has 0 unspecified atom stereocenters. The molecule has 12 nitrogen and oxygen atoms in total. The summed E-state index contributed by atoms with van der Waals surface area (Å²) in [6.07, 6.45) is 6.66. The molecule has 0 aromatic heterocycles. The molecule has 0 radical (unpaired) electrons. The number of allylic oxidation sites excluding steroid dienone is 3. The number of fused-ring (bicyclic) bond motifs is 3. The molecule has 0 aromatic rings. The Bertz CT molecular complexity index is 1370. The number of esters is 1. The number of hydrogen-bond acceptors (Lipinski definition) is 11. The maximum absolute atomic E-state index is 14.2. The van der Waals surface area contributed by atoms with E-state index in [4.69, 9.17) is 24.4 Å². The Hall–Kier alpha value is -2.48. The van der Waals surface area contributed by atoms with Crippen molar-refractivity contribution in [1.29, 1.82) is 5.41 Å². The summed E-state index contributed by atoms with van der Waals surface area (Å²) in [6, 6.07) is -1.08. The molecular weight excluding hydrogens is 692 g/mol. The third kappa shape index (κ3) is 10.5. The van der Waals surface area contributed by atoms with Gasteiger partial charge in [-0.3, -0.25) is 9.59 Å². The number of nitrogens with one attached hydrogen (secondary N) is 1. The molecule has 1 amide bonds. The number of amides is 1. The summed E-state index contributed by atoms with van der Waals surface area (Å²) in [5, 5.41) is 42.8. The Balaban J connectivity index is 1.76. The topological polar surface area (TPSA) is 176 Å². The highest BCUT2D eigenvalue weighted by Crippen LogP contribution is 2.39. The third-order valence-corrected chi connectivity index (χ3v) is 12.6. The molecule has 0 aromatic carbocycles. The fourth-order valence-electron chi connectivity index (χ4n) is 9.16. The summed E-state index contributed by atoms with van der Waals surface area (Å²) < 4.78 is 24.3. The Labute approximate surface area is 322 Å². The lowest BCUT2D eigenvalue weighted by Crippen LogP contribution is -2.64. The van der Waals surface area contributed by atoms with Crippen molar-refractivity contribution in [3.63, 3.8) is 0 Å². The van der Waals surface area contributed by atoms with Crippen molar-refractivity contribution >= 4 is 23.4 Å². The molecule has 3 aliphatic heterocycles. The van der Waals surface area contributed by atoms with Crippen LogP contribution >= 0.6 is 0 Å². The van der Waals surface area contributed by atoms with Crippen LogP contribution in [0.4, 0.5) is 0 Å². The number of ether oxygens (including phenoxy) is 4. The van der Waals surface area contributed by atoms with E-state index in [0.29, 0.717) is 50.7 Å². The minimum atomic E-state index is -2.47. The van der Waals surface area contributed by atoms with Gasteiger partial charge in [0.1, 0.15) is 18.2 Å². The van der Waals surface area contributed by atoms with E-state index in [0.717, 1.165) is 24.0 Å². The zero-order valence-electron chi connectivity index (χ0n) is 33.9. The summed E-state index contributed by atoms with van der Waals surface area (Å²) >= 11 is 0. The lowest BCUT2D eigenvalue weighted by atomic mass is 9.82. The zero-order valence-corrected chi connectivity index (χ0v) is 33.9. The number of aliphatic hydroxyl groups is 3. The number of Topliss-reactive ketones (excluding diaryl/α,β-unsaturated/α-hetero) is 1. The Kier molecular flexibility index (Phi) is 16.0. The molecule has 2 saturated heterocycles. The van der Waals surface area contributed by atoms with Crippen molar-refractivity contribution in [3.8, 4) is 0 Å². The van der Waals surface area contributed by atoms with Gasteiger partial charge in [0.2, 0.25) is 5.79 Å². The van der Waals surface area contributed by atoms with Crippen molar-refractivity contribution in [1.82, 2.24) is 4.90 Å². The van der Waals surface area contributed by atoms with Crippen LogP contribution < -0.4 is 0 Å². The van der Waals surface area contributed by atoms with E-state index in [9.17, 15) is 29.7 Å². The predicted molar refractivity (Wildman–Crippen MR) is 205 cm³/mol. The Morgan fingerprint density at radius 3 is 2.28 bits per heavy atom. The first-order valence-corrected chi connectivity index (χ1v) is 20.3. The summed E-state index contributed by atoms with van der Waals surface area (Å²) in [7, 11) is 3.10. The molecule has 2 bridgehead atoms. The van der Waals surface area contributed by atoms with Crippen LogP contribution in [-0.2, 0) is 33.3 Å². The molecule has 54 heavy (non-hydrogen) atoms. The molecule has 11 atom stereocenters. The molecule has 3 heterocycles. The van der Waals surface area contributed by atoms with Gasteiger partial charge >= 0.3 is 5.97 Å². The first-order valence-electron chi connectivity index (χ1n) is 20.3. The number of methoxy groups -OCH3 is 2. The lowest BCUT2D eigenvalue weighted by Gasteiger charge is -2.47. The van der Waals surface area contributed by atoms with E-state index in [1.807, 2.05) is 27.7 Å². The number of nitrogens with zero attached hydrogens (tertiary/aromatic N) is 1. The molecule has 4 rings (SSSR count). The number of cyclic esters (lactones) is 1. The van der Waals surface area contributed by atoms with Gasteiger partial charge in [0, 0.05) is 50.7 Å². The van der Waals surface area contributed by atoms with Gasteiger partial charge in [0.05, 0.1) is 24.4 Å². The minimum absolute atomic E-state index is 0.0868. The summed E-state index contributed by atoms with van der Waals surface area (Å²) in [5.41, 5.74) is 2.24. The van der Waals surface area contributed by atoms with Crippen LogP contribution in [0.3, 0.4) is 0 Å². The van der Waals surface area contributed by atoms with Crippen LogP contribution in [0.15, 0.2) is 23.3 Å². The lowest BCUT2D eigenvalue weighted by molar-refractivity contribution is -0.302. The van der Waals surface area contributed by atoms with Gasteiger partial charge in [0.15, 0.2) is 0 Å². The van der Waals surface area contributed by atoms with E-state index in [1.54, 1.807) is 21.1 Å². The highest BCUT2D eigenvalue weighted by atomic mass is 16.7. The Morgan fingerprint density at radius 1 is 1.00 bits per heavy atom. The Morgan fingerprint density at radius 2 is 1.65 bits per heavy atom. The van der Waals surface area contributed by atoms with Gasteiger partial charge in [0.25, 0.3) is 11.7 Å². The fourth-order valence-corrected chi connectivity index (χ4v) is 9.16. The maximum atomic E-state index is 14.2. The summed E-state index contributed by atoms with van der Waals surface area (Å²) in [6.45, 7) is 11.6. The monoisotopic (exact) mass is 760 g/mol. The van der Waals surface area contributed by atoms with Crippen molar-refractivity contribution in [2.45, 2.75) is 167 Å². The molecule has 4 N–H and O–H groups in total. The normalized spacial score (nSPS) is 41.3. The van der Waals surface area contributed by atoms with Crippen molar-refractivity contribution in [2.75, 3.05) is 20.8 Å². The number of carbonyl (C=O) groups excluding carboxylic acids is 3. The van der Waals surface area contributed by atoms with E-state index in [-0.39, 0.29) is 49.7 Å². The van der Waals surface area contributed by atoms with Gasteiger partial charge < -0.3 is 44.6 Å². The number of rotatable bonds is 5. The van der Waals surface area contributed by atoms with E-state index >= 15 is 0 Å². The molecule has 3 fully saturated rings. The first kappa shape index (κ1) is 44.2. The van der Waals surface area contributed by atoms with Crippen LogP contribution in [0.1, 0.15) is 119 Å². The average molecular weight is 761 g/mol. The standard InChI is InChI=1S/C42H68N2O10/c1-9-30-19-24(2)18-25(3)20-35(51-7)38-36(52-8)22-27(5)42(50,54-38)39(47)40(48)44-17-11-10-12-33(44)41(49)53-37(28(6)34(46)23-32(30)43)26(4)21-29-13-15-31(45)16-14-29/h19,21,25,27-31,33-38,43,45-46,50H,9-18,20,22-23H2,1-8H3/b24-19+,26-21+,43-32?/t25-,27+,28+,29-,30+,31-,33-,34-,35-,36-,37+,38+,42+/m0/s1. The van der Waals surface area contributed by atoms with Gasteiger partial charge in [-0.1, -0.05) is 45.4 Å². The van der Waals surface area contributed by atoms with Crippen LogP contribution in [-0.4, -0.2) is 113 Å². The minimum Gasteiger partial charge on any atom is -0.456 e. The first-order chi connectivity index (χ1) is 25.5. The zero-order chi connectivity index (χ0) is 39.9. The van der Waals surface area contributed by atoms with E-state index in [2.05, 4.69) is 19.1 Å². The quantitative estimate of drug-likeness (QED) is 0.164. The highest BCUT2D eigenvalue weighted by Gasteiger charge is 2.56. The van der Waals surface area contributed by atoms with Gasteiger partial charge in [-0.2, -0.15) is 0 Å². The SMILES string of the molecule is CC[C@@H]1/C=C(\C)C[C@H](C)C[C@H](OC)[C@H]2O[C@@](O)(C(=O)C(=O)N3CCCC[C@H]3C(=O)O[C@H](/C(C)=C/[C@H]3CC[C@H](O)CC3)[C@H](C)[C@@H](O)CC1=N)[C@H](C)C[C@@H]2OC. The molecule has 1 saturated carbocycles. The molecule has 0 spiro atoms. The van der Waals surface area contributed by atoms with Gasteiger partial charge in [-0.15, -0.1) is 0 Å². The van der Waals surface area contributed by atoms with Crippen molar-refractivity contribution in [2.24, 2.45) is 29.6 Å². The number of piperidine rings is 1. The third-order valence-electron chi connectivity index (χ3n) is 12.6. The van der Waals surface area contributed by atoms with Crippen LogP contribution in [0, 0.1) is 35.0 Å². The van der Waals surface area contributed by atoms with E-state index in [1.165, 1.54) is 4.90 Å². The largest absolute Gasteiger partial charge is 0.456 e. The maximum Gasteiger partial charge on any atom is 0.329 e. The predicted octanol–water partition coefficient (Wildman–Crippen LogP) is 5.30. The second kappa shape index (κ2) is 19.6. The van der Waals surface area contributed by atoms with E-state index < -0.39 is 71.8 Å². The number of carbonyl (C=O) groups is 3. The molecular formula is C42H68N2O10. The molecule has 12 heteroatoms. The number of ketones is 1. The fraction of sp³-hybridized carbons (Fsp3) is 0.810. The molecule has 306 valence electrons. The molecule has 1 aliphatic carbocycles. The van der Waals surface area contributed by atoms with Crippen LogP contribution in [0.2, 0.25) is 0 Å². The number of hydrogen-bond donors (Lipinski definition) is 4. The van der Waals surface area contributed by atoms with Gasteiger partial charge in [-0.05, 0) is 102 Å². The second-order valence-electron chi connectivity index (χ2n) is 16.9. The van der Waals surface area contributed by atoms with Gasteiger partial charge in [-0.25, -0.2) is 4.79 Å². The van der Waals surface area contributed by atoms with Crippen LogP contribution in [0.5, 0.6) is 0 Å². The smallest absolute Gasteiger partial charge is 0.329 e. The van der Waals surface area contributed by atoms with Crippen molar-refractivity contribution in [3.05, 3.63) is 23.3 Å². The number of aliphatic hydroxyl groups excluding tert-OH is 2. The molecule has 4 aliphatic rings. The average Bonchev–Trinajstić information content (AvgIpc) is 3.15. The summed E-state index contributed by atoms with van der Waals surface area (Å²) in [4.78, 5) is 43.8. The van der Waals surface area contributed by atoms with Crippen molar-refractivity contribution < 1.29 is 48.7 Å².